The highest BCUT2D eigenvalue weighted by molar-refractivity contribution is 7.25. The number of aromatic nitrogens is 3. The first-order valence-corrected chi connectivity index (χ1v) is 17.4. The molecule has 0 spiro atoms. The highest BCUT2D eigenvalue weighted by Gasteiger charge is 2.21. The zero-order chi connectivity index (χ0) is 33.0. The van der Waals surface area contributed by atoms with E-state index >= 15 is 0 Å². The quantitative estimate of drug-likeness (QED) is 0.185. The predicted octanol–water partition coefficient (Wildman–Crippen LogP) is 12.5. The van der Waals surface area contributed by atoms with E-state index in [0.717, 1.165) is 66.8 Å². The van der Waals surface area contributed by atoms with Crippen LogP contribution in [0, 0.1) is 0 Å². The number of rotatable bonds is 5. The van der Waals surface area contributed by atoms with Gasteiger partial charge in [-0.25, -0.2) is 9.97 Å². The molecule has 50 heavy (non-hydrogen) atoms. The fourth-order valence-corrected chi connectivity index (χ4v) is 8.21. The molecular formula is C45H27N3OS. The minimum Gasteiger partial charge on any atom is -0.455 e. The van der Waals surface area contributed by atoms with Gasteiger partial charge in [-0.3, -0.25) is 4.98 Å². The first-order valence-electron chi connectivity index (χ1n) is 16.6. The van der Waals surface area contributed by atoms with Crippen molar-refractivity contribution in [3.8, 4) is 56.3 Å². The molecule has 0 amide bonds. The standard InChI is InChI=1S/C45H27N3OS/c1-2-12-28(13-3-1)37-27-38(48-45(47-37)30-15-10-14-29(26-30)36-19-8-9-25-46-36)33-24-23-32(43-34-16-4-6-20-39(34)49-44(33)43)31-18-11-22-41-42(31)35-17-5-7-21-40(35)50-41/h1-27H. The Morgan fingerprint density at radius 1 is 0.440 bits per heavy atom. The predicted molar refractivity (Wildman–Crippen MR) is 207 cm³/mol. The summed E-state index contributed by atoms with van der Waals surface area (Å²) in [4.78, 5) is 14.9. The van der Waals surface area contributed by atoms with E-state index in [1.54, 1.807) is 0 Å². The molecule has 0 fully saturated rings. The maximum Gasteiger partial charge on any atom is 0.160 e. The smallest absolute Gasteiger partial charge is 0.160 e. The van der Waals surface area contributed by atoms with Crippen LogP contribution in [0.2, 0.25) is 0 Å². The highest BCUT2D eigenvalue weighted by Crippen LogP contribution is 2.46. The van der Waals surface area contributed by atoms with E-state index in [4.69, 9.17) is 14.4 Å². The van der Waals surface area contributed by atoms with Crippen LogP contribution in [-0.2, 0) is 0 Å². The van der Waals surface area contributed by atoms with Crippen LogP contribution in [0.3, 0.4) is 0 Å². The van der Waals surface area contributed by atoms with Gasteiger partial charge in [0.25, 0.3) is 0 Å². The molecule has 0 aliphatic carbocycles. The van der Waals surface area contributed by atoms with Crippen molar-refractivity contribution in [3.63, 3.8) is 0 Å². The monoisotopic (exact) mass is 657 g/mol. The first kappa shape index (κ1) is 28.6. The summed E-state index contributed by atoms with van der Waals surface area (Å²) >= 11 is 1.84. The molecule has 4 nitrogen and oxygen atoms in total. The summed E-state index contributed by atoms with van der Waals surface area (Å²) in [5, 5.41) is 4.71. The summed E-state index contributed by atoms with van der Waals surface area (Å²) in [6, 6.07) is 54.6. The van der Waals surface area contributed by atoms with Gasteiger partial charge in [0.15, 0.2) is 5.82 Å². The van der Waals surface area contributed by atoms with Gasteiger partial charge in [-0.1, -0.05) is 109 Å². The largest absolute Gasteiger partial charge is 0.455 e. The molecule has 0 saturated heterocycles. The second-order valence-electron chi connectivity index (χ2n) is 12.4. The Hall–Kier alpha value is -6.43. The average molecular weight is 658 g/mol. The zero-order valence-corrected chi connectivity index (χ0v) is 27.6. The Morgan fingerprint density at radius 3 is 2.04 bits per heavy atom. The Bertz CT molecular complexity index is 2870. The van der Waals surface area contributed by atoms with Crippen LogP contribution in [0.1, 0.15) is 0 Å². The van der Waals surface area contributed by atoms with Crippen molar-refractivity contribution < 1.29 is 4.42 Å². The van der Waals surface area contributed by atoms with Gasteiger partial charge < -0.3 is 4.42 Å². The van der Waals surface area contributed by atoms with Gasteiger partial charge in [-0.2, -0.15) is 0 Å². The normalized spacial score (nSPS) is 11.6. The molecule has 0 bridgehead atoms. The minimum absolute atomic E-state index is 0.641. The molecule has 0 unspecified atom stereocenters. The van der Waals surface area contributed by atoms with Crippen molar-refractivity contribution in [2.75, 3.05) is 0 Å². The number of hydrogen-bond donors (Lipinski definition) is 0. The lowest BCUT2D eigenvalue weighted by molar-refractivity contribution is 0.670. The molecule has 6 aromatic carbocycles. The fraction of sp³-hybridized carbons (Fsp3) is 0. The molecule has 0 radical (unpaired) electrons. The van der Waals surface area contributed by atoms with Crippen molar-refractivity contribution in [2.24, 2.45) is 0 Å². The third kappa shape index (κ3) is 4.71. The molecule has 4 aromatic heterocycles. The van der Waals surface area contributed by atoms with Crippen LogP contribution in [-0.4, -0.2) is 15.0 Å². The summed E-state index contributed by atoms with van der Waals surface area (Å²) in [6.45, 7) is 0. The van der Waals surface area contributed by atoms with Crippen molar-refractivity contribution in [1.29, 1.82) is 0 Å². The van der Waals surface area contributed by atoms with Crippen LogP contribution in [0.5, 0.6) is 0 Å². The van der Waals surface area contributed by atoms with Crippen molar-refractivity contribution in [2.45, 2.75) is 0 Å². The summed E-state index contributed by atoms with van der Waals surface area (Å²) in [7, 11) is 0. The lowest BCUT2D eigenvalue weighted by atomic mass is 9.93. The van der Waals surface area contributed by atoms with E-state index in [0.29, 0.717) is 5.82 Å². The molecule has 0 N–H and O–H groups in total. The van der Waals surface area contributed by atoms with Crippen LogP contribution in [0.15, 0.2) is 168 Å². The Labute approximate surface area is 292 Å². The lowest BCUT2D eigenvalue weighted by Crippen LogP contribution is -1.97. The SMILES string of the molecule is c1ccc(-c2cc(-c3ccc(-c4cccc5sc6ccccc6c45)c4c3oc3ccccc34)nc(-c3cccc(-c4ccccn4)c3)n2)cc1. The molecule has 0 aliphatic heterocycles. The van der Waals surface area contributed by atoms with Gasteiger partial charge in [0.1, 0.15) is 11.2 Å². The van der Waals surface area contributed by atoms with E-state index in [9.17, 15) is 0 Å². The zero-order valence-electron chi connectivity index (χ0n) is 26.7. The van der Waals surface area contributed by atoms with Crippen LogP contribution in [0.25, 0.3) is 98.4 Å². The number of para-hydroxylation sites is 1. The Balaban J connectivity index is 1.23. The van der Waals surface area contributed by atoms with E-state index in [-0.39, 0.29) is 0 Å². The first-order chi connectivity index (χ1) is 24.8. The Kier molecular flexibility index (Phi) is 6.64. The second kappa shape index (κ2) is 11.6. The fourth-order valence-electron chi connectivity index (χ4n) is 7.08. The van der Waals surface area contributed by atoms with Crippen molar-refractivity contribution in [3.05, 3.63) is 164 Å². The maximum atomic E-state index is 6.78. The Morgan fingerprint density at radius 2 is 1.14 bits per heavy atom. The molecule has 0 saturated carbocycles. The molecule has 0 atom stereocenters. The third-order valence-corrected chi connectivity index (χ3v) is 10.5. The van der Waals surface area contributed by atoms with Crippen LogP contribution >= 0.6 is 11.3 Å². The van der Waals surface area contributed by atoms with E-state index in [1.165, 1.54) is 25.7 Å². The second-order valence-corrected chi connectivity index (χ2v) is 13.4. The highest BCUT2D eigenvalue weighted by atomic mass is 32.1. The molecule has 4 heterocycles. The molecule has 0 aliphatic rings. The lowest BCUT2D eigenvalue weighted by Gasteiger charge is -2.12. The number of fused-ring (bicyclic) bond motifs is 6. The molecular weight excluding hydrogens is 631 g/mol. The third-order valence-electron chi connectivity index (χ3n) is 9.37. The van der Waals surface area contributed by atoms with E-state index in [2.05, 4.69) is 108 Å². The molecule has 10 rings (SSSR count). The summed E-state index contributed by atoms with van der Waals surface area (Å²) in [5.74, 6) is 0.641. The topological polar surface area (TPSA) is 51.8 Å². The number of thiophene rings is 1. The van der Waals surface area contributed by atoms with E-state index in [1.807, 2.05) is 72.1 Å². The summed E-state index contributed by atoms with van der Waals surface area (Å²) in [5.41, 5.74) is 10.4. The van der Waals surface area contributed by atoms with E-state index < -0.39 is 0 Å². The number of benzene rings is 6. The molecule has 234 valence electrons. The number of hydrogen-bond acceptors (Lipinski definition) is 5. The number of nitrogens with zero attached hydrogens (tertiary/aromatic N) is 3. The van der Waals surface area contributed by atoms with Crippen molar-refractivity contribution in [1.82, 2.24) is 15.0 Å². The van der Waals surface area contributed by atoms with Crippen LogP contribution < -0.4 is 0 Å². The maximum absolute atomic E-state index is 6.78. The number of furan rings is 1. The van der Waals surface area contributed by atoms with Gasteiger partial charge in [0.2, 0.25) is 0 Å². The summed E-state index contributed by atoms with van der Waals surface area (Å²) in [6.07, 6.45) is 1.82. The van der Waals surface area contributed by atoms with Gasteiger partial charge in [-0.15, -0.1) is 11.3 Å². The van der Waals surface area contributed by atoms with Gasteiger partial charge in [0, 0.05) is 59.4 Å². The average Bonchev–Trinajstić information content (AvgIpc) is 3.77. The summed E-state index contributed by atoms with van der Waals surface area (Å²) < 4.78 is 9.34. The number of pyridine rings is 1. The van der Waals surface area contributed by atoms with Gasteiger partial charge in [0.05, 0.1) is 17.1 Å². The molecule has 5 heteroatoms. The molecule has 10 aromatic rings. The van der Waals surface area contributed by atoms with Crippen LogP contribution in [0.4, 0.5) is 0 Å². The van der Waals surface area contributed by atoms with Crippen molar-refractivity contribution >= 4 is 53.4 Å². The van der Waals surface area contributed by atoms with Gasteiger partial charge in [-0.05, 0) is 59.7 Å². The van der Waals surface area contributed by atoms with Gasteiger partial charge >= 0.3 is 0 Å². The minimum atomic E-state index is 0.641.